The van der Waals surface area contributed by atoms with Gasteiger partial charge in [0.05, 0.1) is 5.69 Å². The largest absolute Gasteiger partial charge is 0.383 e. The molecule has 4 heteroatoms. The van der Waals surface area contributed by atoms with Gasteiger partial charge in [0.15, 0.2) is 0 Å². The lowest BCUT2D eigenvalue weighted by Gasteiger charge is -2.01. The van der Waals surface area contributed by atoms with Crippen molar-refractivity contribution < 1.29 is 8.78 Å². The van der Waals surface area contributed by atoms with Crippen LogP contribution in [0.15, 0.2) is 53.5 Å². The minimum atomic E-state index is -0.377. The van der Waals surface area contributed by atoms with Gasteiger partial charge in [-0.15, -0.1) is 0 Å². The highest BCUT2D eigenvalue weighted by Gasteiger charge is 2.00. The standard InChI is InChI=1S/C13H10F2N2/c14-10-6-4-9(5-7-10)13(16)17-12-3-1-2-11(15)8-12/h1-8H,(H2,16,17). The van der Waals surface area contributed by atoms with Crippen LogP contribution in [0.4, 0.5) is 14.5 Å². The zero-order valence-corrected chi connectivity index (χ0v) is 8.90. The first-order valence-corrected chi connectivity index (χ1v) is 5.01. The van der Waals surface area contributed by atoms with Crippen LogP contribution < -0.4 is 5.73 Å². The second-order valence-corrected chi connectivity index (χ2v) is 3.48. The molecule has 0 atom stereocenters. The van der Waals surface area contributed by atoms with Gasteiger partial charge < -0.3 is 5.73 Å². The first-order valence-electron chi connectivity index (χ1n) is 5.01. The van der Waals surface area contributed by atoms with E-state index in [4.69, 9.17) is 5.73 Å². The van der Waals surface area contributed by atoms with Crippen molar-refractivity contribution in [3.63, 3.8) is 0 Å². The fraction of sp³-hybridized carbons (Fsp3) is 0. The maximum absolute atomic E-state index is 12.9. The number of amidine groups is 1. The molecule has 17 heavy (non-hydrogen) atoms. The minimum Gasteiger partial charge on any atom is -0.383 e. The molecule has 2 N–H and O–H groups in total. The van der Waals surface area contributed by atoms with Crippen molar-refractivity contribution in [3.05, 3.63) is 65.7 Å². The Morgan fingerprint density at radius 3 is 2.29 bits per heavy atom. The Hall–Kier alpha value is -2.23. The Morgan fingerprint density at radius 2 is 1.65 bits per heavy atom. The molecule has 0 fully saturated rings. The van der Waals surface area contributed by atoms with E-state index in [0.717, 1.165) is 0 Å². The second-order valence-electron chi connectivity index (χ2n) is 3.48. The maximum Gasteiger partial charge on any atom is 0.131 e. The summed E-state index contributed by atoms with van der Waals surface area (Å²) in [6.07, 6.45) is 0. The monoisotopic (exact) mass is 232 g/mol. The average Bonchev–Trinajstić information content (AvgIpc) is 2.29. The van der Waals surface area contributed by atoms with Gasteiger partial charge in [0, 0.05) is 5.56 Å². The van der Waals surface area contributed by atoms with Gasteiger partial charge in [0.2, 0.25) is 0 Å². The minimum absolute atomic E-state index is 0.218. The van der Waals surface area contributed by atoms with Crippen LogP contribution in [0.2, 0.25) is 0 Å². The number of aliphatic imine (C=N–C) groups is 1. The predicted octanol–water partition coefficient (Wildman–Crippen LogP) is 3.00. The van der Waals surface area contributed by atoms with E-state index >= 15 is 0 Å². The Labute approximate surface area is 97.4 Å². The lowest BCUT2D eigenvalue weighted by Crippen LogP contribution is -2.12. The molecule has 0 aliphatic rings. The summed E-state index contributed by atoms with van der Waals surface area (Å²) in [6, 6.07) is 11.4. The van der Waals surface area contributed by atoms with E-state index in [9.17, 15) is 8.78 Å². The molecule has 2 nitrogen and oxygen atoms in total. The Balaban J connectivity index is 2.30. The molecular formula is C13H10F2N2. The number of nitrogens with two attached hydrogens (primary N) is 1. The van der Waals surface area contributed by atoms with Crippen molar-refractivity contribution in [2.75, 3.05) is 0 Å². The first-order chi connectivity index (χ1) is 8.15. The predicted molar refractivity (Wildman–Crippen MR) is 63.2 cm³/mol. The van der Waals surface area contributed by atoms with Crippen molar-refractivity contribution in [1.29, 1.82) is 0 Å². The van der Waals surface area contributed by atoms with Crippen LogP contribution in [0, 0.1) is 11.6 Å². The topological polar surface area (TPSA) is 38.4 Å². The molecule has 0 unspecified atom stereocenters. The van der Waals surface area contributed by atoms with Gasteiger partial charge in [-0.1, -0.05) is 6.07 Å². The molecule has 0 radical (unpaired) electrons. The van der Waals surface area contributed by atoms with Gasteiger partial charge in [0.1, 0.15) is 17.5 Å². The molecule has 2 aromatic carbocycles. The third-order valence-electron chi connectivity index (χ3n) is 2.20. The summed E-state index contributed by atoms with van der Waals surface area (Å²) < 4.78 is 25.6. The Morgan fingerprint density at radius 1 is 0.941 bits per heavy atom. The molecule has 0 aliphatic heterocycles. The molecule has 86 valence electrons. The van der Waals surface area contributed by atoms with Crippen LogP contribution in [0.3, 0.4) is 0 Å². The number of nitrogens with zero attached hydrogens (tertiary/aromatic N) is 1. The van der Waals surface area contributed by atoms with E-state index in [1.165, 1.54) is 36.4 Å². The third-order valence-corrected chi connectivity index (χ3v) is 2.20. The molecule has 2 rings (SSSR count). The summed E-state index contributed by atoms with van der Waals surface area (Å²) in [7, 11) is 0. The quantitative estimate of drug-likeness (QED) is 0.627. The number of hydrogen-bond acceptors (Lipinski definition) is 1. The molecule has 0 amide bonds. The molecule has 0 bridgehead atoms. The van der Waals surface area contributed by atoms with Gasteiger partial charge in [-0.3, -0.25) is 0 Å². The molecular weight excluding hydrogens is 222 g/mol. The number of halogens is 2. The molecule has 2 aromatic rings. The zero-order chi connectivity index (χ0) is 12.3. The van der Waals surface area contributed by atoms with Gasteiger partial charge in [-0.05, 0) is 42.5 Å². The van der Waals surface area contributed by atoms with Crippen molar-refractivity contribution in [2.45, 2.75) is 0 Å². The molecule has 0 saturated heterocycles. The summed E-state index contributed by atoms with van der Waals surface area (Å²) >= 11 is 0. The van der Waals surface area contributed by atoms with E-state index in [0.29, 0.717) is 11.3 Å². The Bertz CT molecular complexity index is 548. The van der Waals surface area contributed by atoms with Gasteiger partial charge in [-0.25, -0.2) is 13.8 Å². The van der Waals surface area contributed by atoms with Crippen molar-refractivity contribution in [3.8, 4) is 0 Å². The zero-order valence-electron chi connectivity index (χ0n) is 8.90. The average molecular weight is 232 g/mol. The van der Waals surface area contributed by atoms with Crippen molar-refractivity contribution in [1.82, 2.24) is 0 Å². The summed E-state index contributed by atoms with van der Waals surface area (Å²) in [5.74, 6) is -0.499. The highest BCUT2D eigenvalue weighted by atomic mass is 19.1. The van der Waals surface area contributed by atoms with Crippen LogP contribution in [0.25, 0.3) is 0 Å². The van der Waals surface area contributed by atoms with E-state index in [1.54, 1.807) is 12.1 Å². The van der Waals surface area contributed by atoms with Gasteiger partial charge >= 0.3 is 0 Å². The lowest BCUT2D eigenvalue weighted by atomic mass is 10.2. The fourth-order valence-corrected chi connectivity index (χ4v) is 1.37. The van der Waals surface area contributed by atoms with Crippen LogP contribution in [-0.4, -0.2) is 5.84 Å². The van der Waals surface area contributed by atoms with Crippen LogP contribution >= 0.6 is 0 Å². The number of hydrogen-bond donors (Lipinski definition) is 1. The SMILES string of the molecule is NC(=Nc1cccc(F)c1)c1ccc(F)cc1. The normalized spacial score (nSPS) is 11.5. The summed E-state index contributed by atoms with van der Waals surface area (Å²) in [6.45, 7) is 0. The summed E-state index contributed by atoms with van der Waals surface area (Å²) in [4.78, 5) is 4.05. The highest BCUT2D eigenvalue weighted by Crippen LogP contribution is 2.14. The lowest BCUT2D eigenvalue weighted by molar-refractivity contribution is 0.627. The fourth-order valence-electron chi connectivity index (χ4n) is 1.37. The first kappa shape index (κ1) is 11.3. The molecule has 0 spiro atoms. The van der Waals surface area contributed by atoms with Crippen molar-refractivity contribution in [2.24, 2.45) is 10.7 Å². The van der Waals surface area contributed by atoms with Crippen LogP contribution in [0.1, 0.15) is 5.56 Å². The van der Waals surface area contributed by atoms with E-state index in [1.807, 2.05) is 0 Å². The number of rotatable bonds is 2. The highest BCUT2D eigenvalue weighted by molar-refractivity contribution is 5.98. The van der Waals surface area contributed by atoms with Gasteiger partial charge in [0.25, 0.3) is 0 Å². The second kappa shape index (κ2) is 4.74. The van der Waals surface area contributed by atoms with E-state index in [2.05, 4.69) is 4.99 Å². The van der Waals surface area contributed by atoms with Crippen LogP contribution in [0.5, 0.6) is 0 Å². The van der Waals surface area contributed by atoms with Gasteiger partial charge in [-0.2, -0.15) is 0 Å². The molecule has 0 saturated carbocycles. The summed E-state index contributed by atoms with van der Waals surface area (Å²) in [5.41, 5.74) is 6.75. The Kier molecular flexibility index (Phi) is 3.14. The molecule has 0 aromatic heterocycles. The van der Waals surface area contributed by atoms with Crippen LogP contribution in [-0.2, 0) is 0 Å². The van der Waals surface area contributed by atoms with Crippen molar-refractivity contribution >= 4 is 11.5 Å². The summed E-state index contributed by atoms with van der Waals surface area (Å²) in [5, 5.41) is 0. The maximum atomic E-state index is 12.9. The van der Waals surface area contributed by atoms with E-state index < -0.39 is 0 Å². The molecule has 0 aliphatic carbocycles. The third kappa shape index (κ3) is 2.87. The number of benzene rings is 2. The smallest absolute Gasteiger partial charge is 0.131 e. The molecule has 0 heterocycles. The van der Waals surface area contributed by atoms with E-state index in [-0.39, 0.29) is 17.5 Å².